The first-order valence-corrected chi connectivity index (χ1v) is 6.09. The van der Waals surface area contributed by atoms with Crippen LogP contribution in [0.25, 0.3) is 0 Å². The molecule has 1 aliphatic rings. The molecule has 0 bridgehead atoms. The molecule has 1 rings (SSSR count). The Balaban J connectivity index is 2.70. The fourth-order valence-electron chi connectivity index (χ4n) is 1.90. The number of ether oxygens (including phenoxy) is 1. The highest BCUT2D eigenvalue weighted by atomic mass is 19.3. The summed E-state index contributed by atoms with van der Waals surface area (Å²) in [6.07, 6.45) is -1.88. The third kappa shape index (κ3) is 4.65. The summed E-state index contributed by atoms with van der Waals surface area (Å²) in [5.41, 5.74) is -0.709. The average Bonchev–Trinajstić information content (AvgIpc) is 2.17. The Morgan fingerprint density at radius 2 is 2.00 bits per heavy atom. The highest BCUT2D eigenvalue weighted by Gasteiger charge is 2.46. The maximum absolute atomic E-state index is 13.6. The molecule has 0 aliphatic carbocycles. The lowest BCUT2D eigenvalue weighted by atomic mass is 9.91. The van der Waals surface area contributed by atoms with Gasteiger partial charge in [-0.05, 0) is 20.8 Å². The molecular weight excluding hydrogens is 260 g/mol. The second-order valence-electron chi connectivity index (χ2n) is 5.73. The van der Waals surface area contributed by atoms with Gasteiger partial charge >= 0.3 is 12.1 Å². The zero-order chi connectivity index (χ0) is 14.8. The number of carbonyl (C=O) groups excluding carboxylic acids is 1. The second kappa shape index (κ2) is 5.30. The number of halogens is 2. The molecule has 0 spiro atoms. The predicted molar refractivity (Wildman–Crippen MR) is 63.1 cm³/mol. The summed E-state index contributed by atoms with van der Waals surface area (Å²) in [6.45, 7) is 4.61. The van der Waals surface area contributed by atoms with Crippen molar-refractivity contribution in [3.63, 3.8) is 0 Å². The lowest BCUT2D eigenvalue weighted by molar-refractivity contribution is -0.148. The molecule has 1 amide bonds. The van der Waals surface area contributed by atoms with Crippen LogP contribution in [0.4, 0.5) is 13.6 Å². The lowest BCUT2D eigenvalue weighted by Gasteiger charge is -2.38. The van der Waals surface area contributed by atoms with Gasteiger partial charge in [0.15, 0.2) is 0 Å². The minimum atomic E-state index is -3.06. The zero-order valence-electron chi connectivity index (χ0n) is 11.3. The largest absolute Gasteiger partial charge is 0.481 e. The number of nitrogens with zero attached hydrogens (tertiary/aromatic N) is 1. The molecule has 1 fully saturated rings. The summed E-state index contributed by atoms with van der Waals surface area (Å²) in [7, 11) is 0. The number of rotatable bonds is 2. The van der Waals surface area contributed by atoms with Gasteiger partial charge in [-0.25, -0.2) is 13.6 Å². The van der Waals surface area contributed by atoms with Crippen molar-refractivity contribution >= 4 is 12.1 Å². The van der Waals surface area contributed by atoms with E-state index in [1.807, 2.05) is 0 Å². The molecule has 1 heterocycles. The third-order valence-electron chi connectivity index (χ3n) is 2.83. The average molecular weight is 279 g/mol. The number of likely N-dealkylation sites (tertiary alicyclic amines) is 1. The van der Waals surface area contributed by atoms with E-state index in [1.165, 1.54) is 0 Å². The standard InChI is InChI=1S/C12H19F2NO4/c1-11(2,3)19-10(18)15-5-4-12(13,14)8(7-15)6-9(16)17/h8H,4-7H2,1-3H3,(H,16,17)/t8-/m0/s1. The van der Waals surface area contributed by atoms with Crippen LogP contribution < -0.4 is 0 Å². The van der Waals surface area contributed by atoms with Gasteiger partial charge in [0.1, 0.15) is 5.60 Å². The molecule has 19 heavy (non-hydrogen) atoms. The maximum atomic E-state index is 13.6. The smallest absolute Gasteiger partial charge is 0.410 e. The quantitative estimate of drug-likeness (QED) is 0.842. The summed E-state index contributed by atoms with van der Waals surface area (Å²) in [4.78, 5) is 23.5. The van der Waals surface area contributed by atoms with Gasteiger partial charge in [-0.15, -0.1) is 0 Å². The summed E-state index contributed by atoms with van der Waals surface area (Å²) in [5.74, 6) is -5.72. The van der Waals surface area contributed by atoms with E-state index in [4.69, 9.17) is 9.84 Å². The molecule has 1 N–H and O–H groups in total. The monoisotopic (exact) mass is 279 g/mol. The second-order valence-corrected chi connectivity index (χ2v) is 5.73. The Labute approximate surface area is 110 Å². The van der Waals surface area contributed by atoms with Crippen molar-refractivity contribution in [3.8, 4) is 0 Å². The van der Waals surface area contributed by atoms with Crippen LogP contribution in [-0.2, 0) is 9.53 Å². The summed E-state index contributed by atoms with van der Waals surface area (Å²) in [5, 5.41) is 8.64. The Kier molecular flexibility index (Phi) is 4.37. The number of carboxylic acids is 1. The number of alkyl halides is 2. The van der Waals surface area contributed by atoms with Gasteiger partial charge in [-0.1, -0.05) is 0 Å². The van der Waals surface area contributed by atoms with E-state index in [1.54, 1.807) is 20.8 Å². The van der Waals surface area contributed by atoms with E-state index in [9.17, 15) is 18.4 Å². The van der Waals surface area contributed by atoms with Crippen molar-refractivity contribution in [2.45, 2.75) is 45.1 Å². The SMILES string of the molecule is CC(C)(C)OC(=O)N1CCC(F)(F)[C@@H](CC(=O)O)C1. The van der Waals surface area contributed by atoms with Crippen LogP contribution in [-0.4, -0.2) is 46.7 Å². The van der Waals surface area contributed by atoms with E-state index in [2.05, 4.69) is 0 Å². The third-order valence-corrected chi connectivity index (χ3v) is 2.83. The Morgan fingerprint density at radius 1 is 1.42 bits per heavy atom. The summed E-state index contributed by atoms with van der Waals surface area (Å²) < 4.78 is 32.2. The van der Waals surface area contributed by atoms with Gasteiger partial charge in [0.2, 0.25) is 0 Å². The summed E-state index contributed by atoms with van der Waals surface area (Å²) >= 11 is 0. The number of hydrogen-bond donors (Lipinski definition) is 1. The molecule has 0 aromatic rings. The topological polar surface area (TPSA) is 66.8 Å². The normalized spacial score (nSPS) is 23.0. The van der Waals surface area contributed by atoms with Crippen LogP contribution in [0.3, 0.4) is 0 Å². The number of carbonyl (C=O) groups is 2. The van der Waals surface area contributed by atoms with Crippen LogP contribution in [0.1, 0.15) is 33.6 Å². The van der Waals surface area contributed by atoms with E-state index in [0.29, 0.717) is 0 Å². The van der Waals surface area contributed by atoms with Crippen molar-refractivity contribution < 1.29 is 28.2 Å². The molecule has 7 heteroatoms. The van der Waals surface area contributed by atoms with Gasteiger partial charge < -0.3 is 14.7 Å². The molecule has 5 nitrogen and oxygen atoms in total. The number of piperidine rings is 1. The van der Waals surface area contributed by atoms with Crippen molar-refractivity contribution in [3.05, 3.63) is 0 Å². The number of amides is 1. The molecule has 110 valence electrons. The van der Waals surface area contributed by atoms with Crippen molar-refractivity contribution in [1.82, 2.24) is 4.90 Å². The first-order valence-electron chi connectivity index (χ1n) is 6.09. The Hall–Kier alpha value is -1.40. The fourth-order valence-corrected chi connectivity index (χ4v) is 1.90. The van der Waals surface area contributed by atoms with Crippen LogP contribution in [0.2, 0.25) is 0 Å². The molecule has 0 saturated carbocycles. The number of hydrogen-bond acceptors (Lipinski definition) is 3. The van der Waals surface area contributed by atoms with E-state index in [-0.39, 0.29) is 13.1 Å². The van der Waals surface area contributed by atoms with Gasteiger partial charge in [0.25, 0.3) is 5.92 Å². The molecular formula is C12H19F2NO4. The van der Waals surface area contributed by atoms with Gasteiger partial charge in [-0.2, -0.15) is 0 Å². The van der Waals surface area contributed by atoms with Crippen LogP contribution in [0.5, 0.6) is 0 Å². The van der Waals surface area contributed by atoms with E-state index in [0.717, 1.165) is 4.90 Å². The minimum absolute atomic E-state index is 0.127. The maximum Gasteiger partial charge on any atom is 0.410 e. The Bertz CT molecular complexity index is 365. The molecule has 1 saturated heterocycles. The summed E-state index contributed by atoms with van der Waals surface area (Å²) in [6, 6.07) is 0. The minimum Gasteiger partial charge on any atom is -0.481 e. The van der Waals surface area contributed by atoms with Crippen LogP contribution >= 0.6 is 0 Å². The molecule has 1 atom stereocenters. The number of carboxylic acid groups (broad SMARTS) is 1. The van der Waals surface area contributed by atoms with Crippen molar-refractivity contribution in [2.24, 2.45) is 5.92 Å². The first-order chi connectivity index (χ1) is 8.51. The van der Waals surface area contributed by atoms with Crippen molar-refractivity contribution in [1.29, 1.82) is 0 Å². The molecule has 1 aliphatic heterocycles. The van der Waals surface area contributed by atoms with Gasteiger partial charge in [0.05, 0.1) is 12.3 Å². The molecule has 0 aromatic carbocycles. The van der Waals surface area contributed by atoms with Crippen LogP contribution in [0, 0.1) is 5.92 Å². The fraction of sp³-hybridized carbons (Fsp3) is 0.833. The highest BCUT2D eigenvalue weighted by molar-refractivity contribution is 5.69. The first kappa shape index (κ1) is 15.7. The van der Waals surface area contributed by atoms with Crippen molar-refractivity contribution in [2.75, 3.05) is 13.1 Å². The lowest BCUT2D eigenvalue weighted by Crippen LogP contribution is -2.51. The molecule has 0 unspecified atom stereocenters. The number of aliphatic carboxylic acids is 1. The van der Waals surface area contributed by atoms with Gasteiger partial charge in [0, 0.05) is 19.5 Å². The molecule has 0 aromatic heterocycles. The Morgan fingerprint density at radius 3 is 2.47 bits per heavy atom. The highest BCUT2D eigenvalue weighted by Crippen LogP contribution is 2.35. The zero-order valence-corrected chi connectivity index (χ0v) is 11.3. The predicted octanol–water partition coefficient (Wildman–Crippen LogP) is 2.35. The van der Waals surface area contributed by atoms with E-state index < -0.39 is 42.3 Å². The molecule has 0 radical (unpaired) electrons. The van der Waals surface area contributed by atoms with Crippen LogP contribution in [0.15, 0.2) is 0 Å². The van der Waals surface area contributed by atoms with Gasteiger partial charge in [-0.3, -0.25) is 4.79 Å². The van der Waals surface area contributed by atoms with E-state index >= 15 is 0 Å².